The zero-order chi connectivity index (χ0) is 17.3. The van der Waals surface area contributed by atoms with Crippen LogP contribution in [0.15, 0.2) is 47.2 Å². The Kier molecular flexibility index (Phi) is 4.50. The van der Waals surface area contributed by atoms with Gasteiger partial charge < -0.3 is 11.1 Å². The van der Waals surface area contributed by atoms with E-state index in [4.69, 9.17) is 17.3 Å². The van der Waals surface area contributed by atoms with Crippen molar-refractivity contribution in [1.82, 2.24) is 14.8 Å². The zero-order valence-corrected chi connectivity index (χ0v) is 14.3. The molecule has 0 aliphatic carbocycles. The van der Waals surface area contributed by atoms with Gasteiger partial charge in [-0.15, -0.1) is 0 Å². The second-order valence-corrected chi connectivity index (χ2v) is 6.03. The third-order valence-corrected chi connectivity index (χ3v) is 4.03. The minimum atomic E-state index is -0.523. The molecule has 3 aromatic rings. The van der Waals surface area contributed by atoms with Gasteiger partial charge in [-0.3, -0.25) is 4.79 Å². The lowest BCUT2D eigenvalue weighted by Gasteiger charge is -2.08. The Bertz CT molecular complexity index is 892. The fourth-order valence-electron chi connectivity index (χ4n) is 2.04. The molecule has 0 atom stereocenters. The minimum Gasteiger partial charge on any atom is -0.383 e. The van der Waals surface area contributed by atoms with Gasteiger partial charge in [0.1, 0.15) is 28.7 Å². The molecule has 0 aliphatic rings. The second kappa shape index (κ2) is 6.58. The molecule has 0 radical (unpaired) electrons. The monoisotopic (exact) mass is 409 g/mol. The molecule has 0 saturated carbocycles. The van der Waals surface area contributed by atoms with E-state index in [1.807, 2.05) is 0 Å². The molecule has 1 aromatic carbocycles. The van der Waals surface area contributed by atoms with E-state index in [9.17, 15) is 9.18 Å². The number of hydrogen-bond acceptors (Lipinski definition) is 4. The number of amides is 1. The van der Waals surface area contributed by atoms with Gasteiger partial charge in [-0.1, -0.05) is 17.7 Å². The van der Waals surface area contributed by atoms with Gasteiger partial charge in [0.05, 0.1) is 11.2 Å². The lowest BCUT2D eigenvalue weighted by atomic mass is 10.3. The van der Waals surface area contributed by atoms with Gasteiger partial charge in [-0.2, -0.15) is 5.10 Å². The molecule has 9 heteroatoms. The van der Waals surface area contributed by atoms with E-state index in [0.29, 0.717) is 15.3 Å². The van der Waals surface area contributed by atoms with Gasteiger partial charge in [0.2, 0.25) is 0 Å². The van der Waals surface area contributed by atoms with Gasteiger partial charge >= 0.3 is 0 Å². The van der Waals surface area contributed by atoms with Crippen LogP contribution in [0.1, 0.15) is 10.4 Å². The van der Waals surface area contributed by atoms with Gasteiger partial charge in [0, 0.05) is 10.7 Å². The summed E-state index contributed by atoms with van der Waals surface area (Å²) < 4.78 is 15.7. The van der Waals surface area contributed by atoms with Gasteiger partial charge in [-0.05, 0) is 40.2 Å². The number of nitrogen functional groups attached to an aromatic ring is 1. The van der Waals surface area contributed by atoms with Crippen molar-refractivity contribution in [2.45, 2.75) is 0 Å². The van der Waals surface area contributed by atoms with Crippen LogP contribution in [0, 0.1) is 5.82 Å². The van der Waals surface area contributed by atoms with E-state index in [2.05, 4.69) is 31.3 Å². The van der Waals surface area contributed by atoms with Crippen LogP contribution in [0.5, 0.6) is 0 Å². The molecule has 2 heterocycles. The summed E-state index contributed by atoms with van der Waals surface area (Å²) >= 11 is 8.99. The highest BCUT2D eigenvalue weighted by molar-refractivity contribution is 9.10. The Labute approximate surface area is 149 Å². The van der Waals surface area contributed by atoms with Crippen LogP contribution in [-0.2, 0) is 0 Å². The van der Waals surface area contributed by atoms with E-state index in [0.717, 1.165) is 4.68 Å². The summed E-state index contributed by atoms with van der Waals surface area (Å²) in [5, 5.41) is 7.03. The topological polar surface area (TPSA) is 85.8 Å². The molecule has 3 rings (SSSR count). The molecular formula is C15H10BrClFN5O. The van der Waals surface area contributed by atoms with Crippen molar-refractivity contribution in [3.05, 3.63) is 63.6 Å². The largest absolute Gasteiger partial charge is 0.383 e. The highest BCUT2D eigenvalue weighted by Gasteiger charge is 2.19. The van der Waals surface area contributed by atoms with Crippen molar-refractivity contribution in [3.63, 3.8) is 0 Å². The van der Waals surface area contributed by atoms with Crippen LogP contribution < -0.4 is 11.1 Å². The highest BCUT2D eigenvalue weighted by Crippen LogP contribution is 2.27. The first kappa shape index (κ1) is 16.4. The Morgan fingerprint density at radius 3 is 2.75 bits per heavy atom. The van der Waals surface area contributed by atoms with Crippen LogP contribution >= 0.6 is 27.5 Å². The van der Waals surface area contributed by atoms with Crippen molar-refractivity contribution in [1.29, 1.82) is 0 Å². The zero-order valence-electron chi connectivity index (χ0n) is 12.0. The highest BCUT2D eigenvalue weighted by atomic mass is 79.9. The summed E-state index contributed by atoms with van der Waals surface area (Å²) in [6.45, 7) is 0. The number of benzene rings is 1. The number of hydrogen-bond donors (Lipinski definition) is 2. The third kappa shape index (κ3) is 3.10. The molecule has 0 fully saturated rings. The molecule has 0 bridgehead atoms. The van der Waals surface area contributed by atoms with Gasteiger partial charge in [0.25, 0.3) is 5.91 Å². The molecule has 6 nitrogen and oxygen atoms in total. The molecule has 24 heavy (non-hydrogen) atoms. The number of para-hydroxylation sites is 1. The van der Waals surface area contributed by atoms with E-state index >= 15 is 0 Å². The number of rotatable bonds is 3. The van der Waals surface area contributed by atoms with Crippen molar-refractivity contribution >= 4 is 45.1 Å². The van der Waals surface area contributed by atoms with Crippen molar-refractivity contribution in [2.24, 2.45) is 0 Å². The van der Waals surface area contributed by atoms with Crippen LogP contribution in [0.2, 0.25) is 5.02 Å². The lowest BCUT2D eigenvalue weighted by Crippen LogP contribution is -2.15. The smallest absolute Gasteiger partial charge is 0.262 e. The molecule has 1 amide bonds. The molecule has 3 N–H and O–H groups in total. The number of carbonyl (C=O) groups is 1. The third-order valence-electron chi connectivity index (χ3n) is 3.17. The number of carbonyl (C=O) groups excluding carboxylic acids is 1. The fraction of sp³-hybridized carbons (Fsp3) is 0. The fourth-order valence-corrected chi connectivity index (χ4v) is 2.66. The normalized spacial score (nSPS) is 10.6. The number of halogens is 3. The van der Waals surface area contributed by atoms with Crippen LogP contribution in [0.25, 0.3) is 5.69 Å². The maximum absolute atomic E-state index is 14.0. The summed E-state index contributed by atoms with van der Waals surface area (Å²) in [6, 6.07) is 7.61. The van der Waals surface area contributed by atoms with E-state index in [1.165, 1.54) is 18.5 Å². The standard InChI is InChI=1S/C15H10BrClFN5O/c16-10-2-1-3-11(18)13(10)23-14(19)9(7-21-23)15(24)22-12-5-4-8(17)6-20-12/h1-7H,19H2,(H,20,22,24). The lowest BCUT2D eigenvalue weighted by molar-refractivity contribution is 0.102. The molecule has 0 saturated heterocycles. The summed E-state index contributed by atoms with van der Waals surface area (Å²) in [6.07, 6.45) is 2.67. The average molecular weight is 411 g/mol. The Morgan fingerprint density at radius 1 is 1.29 bits per heavy atom. The van der Waals surface area contributed by atoms with Crippen molar-refractivity contribution in [3.8, 4) is 5.69 Å². The maximum atomic E-state index is 14.0. The average Bonchev–Trinajstić information content (AvgIpc) is 2.91. The first-order valence-corrected chi connectivity index (χ1v) is 7.85. The summed E-state index contributed by atoms with van der Waals surface area (Å²) in [4.78, 5) is 16.3. The van der Waals surface area contributed by atoms with Gasteiger partial charge in [-0.25, -0.2) is 14.1 Å². The minimum absolute atomic E-state index is 0.00673. The first-order chi connectivity index (χ1) is 11.5. The number of pyridine rings is 1. The molecule has 122 valence electrons. The molecular weight excluding hydrogens is 401 g/mol. The molecule has 0 aliphatic heterocycles. The second-order valence-electron chi connectivity index (χ2n) is 4.74. The Morgan fingerprint density at radius 2 is 2.08 bits per heavy atom. The summed E-state index contributed by atoms with van der Waals surface area (Å²) in [5.74, 6) is -0.720. The van der Waals surface area contributed by atoms with E-state index in [1.54, 1.807) is 24.3 Å². The van der Waals surface area contributed by atoms with E-state index in [-0.39, 0.29) is 17.1 Å². The van der Waals surface area contributed by atoms with Crippen LogP contribution in [0.3, 0.4) is 0 Å². The SMILES string of the molecule is Nc1c(C(=O)Nc2ccc(Cl)cn2)cnn1-c1c(F)cccc1Br. The molecule has 0 spiro atoms. The molecule has 2 aromatic heterocycles. The van der Waals surface area contributed by atoms with E-state index < -0.39 is 11.7 Å². The quantitative estimate of drug-likeness (QED) is 0.690. The van der Waals surface area contributed by atoms with Crippen molar-refractivity contribution in [2.75, 3.05) is 11.1 Å². The summed E-state index contributed by atoms with van der Waals surface area (Å²) in [5.41, 5.74) is 6.19. The van der Waals surface area contributed by atoms with Crippen LogP contribution in [-0.4, -0.2) is 20.7 Å². The Hall–Kier alpha value is -2.45. The van der Waals surface area contributed by atoms with Crippen molar-refractivity contribution < 1.29 is 9.18 Å². The number of nitrogens with one attached hydrogen (secondary N) is 1. The number of nitrogens with two attached hydrogens (primary N) is 1. The maximum Gasteiger partial charge on any atom is 0.262 e. The first-order valence-electron chi connectivity index (χ1n) is 6.68. The molecule has 0 unspecified atom stereocenters. The predicted molar refractivity (Wildman–Crippen MR) is 92.8 cm³/mol. The van der Waals surface area contributed by atoms with Crippen LogP contribution in [0.4, 0.5) is 16.0 Å². The predicted octanol–water partition coefficient (Wildman–Crippen LogP) is 3.66. The number of anilines is 2. The van der Waals surface area contributed by atoms with Gasteiger partial charge in [0.15, 0.2) is 0 Å². The Balaban J connectivity index is 1.92. The number of nitrogens with zero attached hydrogens (tertiary/aromatic N) is 3. The summed E-state index contributed by atoms with van der Waals surface area (Å²) in [7, 11) is 0. The number of aromatic nitrogens is 3.